The van der Waals surface area contributed by atoms with Crippen LogP contribution < -0.4 is 10.1 Å². The summed E-state index contributed by atoms with van der Waals surface area (Å²) in [5.41, 5.74) is 2.59. The van der Waals surface area contributed by atoms with Crippen LogP contribution in [0.3, 0.4) is 0 Å². The van der Waals surface area contributed by atoms with Crippen molar-refractivity contribution in [1.29, 1.82) is 0 Å². The highest BCUT2D eigenvalue weighted by Gasteiger charge is 2.20. The maximum Gasteiger partial charge on any atom is 0.135 e. The lowest BCUT2D eigenvalue weighted by molar-refractivity contribution is 0.414. The Morgan fingerprint density at radius 2 is 2.00 bits per heavy atom. The molecule has 1 unspecified atom stereocenters. The number of fused-ring (bicyclic) bond motifs is 1. The van der Waals surface area contributed by atoms with Gasteiger partial charge in [-0.05, 0) is 18.2 Å². The quantitative estimate of drug-likeness (QED) is 0.669. The van der Waals surface area contributed by atoms with Crippen LogP contribution in [-0.2, 0) is 0 Å². The fourth-order valence-electron chi connectivity index (χ4n) is 2.07. The molecule has 1 aliphatic rings. The van der Waals surface area contributed by atoms with Gasteiger partial charge in [0, 0.05) is 11.1 Å². The summed E-state index contributed by atoms with van der Waals surface area (Å²) in [6.07, 6.45) is 0. The first-order valence-electron chi connectivity index (χ1n) is 6.00. The van der Waals surface area contributed by atoms with Gasteiger partial charge in [-0.25, -0.2) is 4.99 Å². The highest BCUT2D eigenvalue weighted by atomic mass is 35.5. The number of halogens is 1. The molecule has 0 aliphatic carbocycles. The van der Waals surface area contributed by atoms with Crippen LogP contribution in [0.1, 0.15) is 16.6 Å². The molecule has 2 aromatic carbocycles. The van der Waals surface area contributed by atoms with Crippen LogP contribution in [0.25, 0.3) is 0 Å². The van der Waals surface area contributed by atoms with Gasteiger partial charge in [0.1, 0.15) is 17.1 Å². The van der Waals surface area contributed by atoms with Crippen LogP contribution in [0, 0.1) is 0 Å². The van der Waals surface area contributed by atoms with E-state index in [0.29, 0.717) is 0 Å². The second kappa shape index (κ2) is 4.94. The first-order chi connectivity index (χ1) is 9.28. The first kappa shape index (κ1) is 12.1. The predicted molar refractivity (Wildman–Crippen MR) is 77.4 cm³/mol. The maximum atomic E-state index is 6.34. The van der Waals surface area contributed by atoms with Gasteiger partial charge < -0.3 is 10.1 Å². The van der Waals surface area contributed by atoms with Crippen LogP contribution in [0.5, 0.6) is 5.75 Å². The molecule has 19 heavy (non-hydrogen) atoms. The number of benzene rings is 2. The Morgan fingerprint density at radius 1 is 1.16 bits per heavy atom. The number of hydrogen-bond donors (Lipinski definition) is 1. The van der Waals surface area contributed by atoms with E-state index in [9.17, 15) is 0 Å². The van der Waals surface area contributed by atoms with E-state index in [1.165, 1.54) is 0 Å². The van der Waals surface area contributed by atoms with Gasteiger partial charge in [0.2, 0.25) is 0 Å². The average Bonchev–Trinajstić information content (AvgIpc) is 2.47. The van der Waals surface area contributed by atoms with Gasteiger partial charge in [0.15, 0.2) is 0 Å². The van der Waals surface area contributed by atoms with E-state index in [2.05, 4.69) is 10.3 Å². The number of ether oxygens (including phenoxy) is 1. The van der Waals surface area contributed by atoms with Crippen molar-refractivity contribution in [3.05, 3.63) is 59.7 Å². The summed E-state index contributed by atoms with van der Waals surface area (Å²) in [5.74, 6) is 1.56. The van der Waals surface area contributed by atoms with Gasteiger partial charge in [-0.3, -0.25) is 0 Å². The summed E-state index contributed by atoms with van der Waals surface area (Å²) < 4.78 is 5.23. The molecular formula is C15H13ClN2O. The van der Waals surface area contributed by atoms with Gasteiger partial charge >= 0.3 is 0 Å². The standard InChI is InChI=1S/C15H13ClN2O/c1-19-11-6-4-5-10(9-11)15-17-13-8-3-2-7-12(13)14(16)18-15/h2-9,14H,1H3,(H,17,18). The van der Waals surface area contributed by atoms with Crippen molar-refractivity contribution in [3.63, 3.8) is 0 Å². The molecule has 1 atom stereocenters. The van der Waals surface area contributed by atoms with E-state index < -0.39 is 0 Å². The number of methoxy groups -OCH3 is 1. The summed E-state index contributed by atoms with van der Waals surface area (Å²) in [6.45, 7) is 0. The highest BCUT2D eigenvalue weighted by Crippen LogP contribution is 2.32. The molecule has 1 heterocycles. The van der Waals surface area contributed by atoms with Crippen molar-refractivity contribution in [1.82, 2.24) is 5.32 Å². The highest BCUT2D eigenvalue weighted by molar-refractivity contribution is 6.23. The van der Waals surface area contributed by atoms with E-state index in [0.717, 1.165) is 28.4 Å². The summed E-state index contributed by atoms with van der Waals surface area (Å²) in [5, 5.41) is 3.20. The number of aliphatic imine (C=N–C) groups is 1. The molecule has 2 aromatic rings. The Balaban J connectivity index is 2.05. The van der Waals surface area contributed by atoms with E-state index >= 15 is 0 Å². The van der Waals surface area contributed by atoms with E-state index in [1.807, 2.05) is 48.5 Å². The SMILES string of the molecule is COc1cccc(C2=Nc3ccccc3C(Cl)N2)c1. The molecule has 0 amide bonds. The molecule has 0 fully saturated rings. The van der Waals surface area contributed by atoms with Gasteiger partial charge in [-0.2, -0.15) is 0 Å². The van der Waals surface area contributed by atoms with Crippen LogP contribution in [0.2, 0.25) is 0 Å². The molecule has 0 aromatic heterocycles. The van der Waals surface area contributed by atoms with Crippen LogP contribution >= 0.6 is 11.6 Å². The van der Waals surface area contributed by atoms with Crippen LogP contribution in [0.4, 0.5) is 5.69 Å². The predicted octanol–water partition coefficient (Wildman–Crippen LogP) is 3.61. The fraction of sp³-hybridized carbons (Fsp3) is 0.133. The molecule has 0 spiro atoms. The number of para-hydroxylation sites is 1. The lowest BCUT2D eigenvalue weighted by Crippen LogP contribution is -2.29. The molecule has 3 nitrogen and oxygen atoms in total. The second-order valence-electron chi connectivity index (χ2n) is 4.26. The Bertz CT molecular complexity index is 640. The Labute approximate surface area is 116 Å². The zero-order valence-electron chi connectivity index (χ0n) is 10.4. The number of hydrogen-bond acceptors (Lipinski definition) is 3. The van der Waals surface area contributed by atoms with Gasteiger partial charge in [-0.15, -0.1) is 0 Å². The van der Waals surface area contributed by atoms with E-state index in [-0.39, 0.29) is 5.50 Å². The number of amidine groups is 1. The zero-order chi connectivity index (χ0) is 13.2. The molecule has 0 radical (unpaired) electrons. The molecule has 1 aliphatic heterocycles. The second-order valence-corrected chi connectivity index (χ2v) is 4.69. The fourth-order valence-corrected chi connectivity index (χ4v) is 2.36. The molecule has 4 heteroatoms. The number of nitrogens with zero attached hydrogens (tertiary/aromatic N) is 1. The van der Waals surface area contributed by atoms with Gasteiger partial charge in [-0.1, -0.05) is 41.9 Å². The molecule has 96 valence electrons. The average molecular weight is 273 g/mol. The minimum absolute atomic E-state index is 0.269. The summed E-state index contributed by atoms with van der Waals surface area (Å²) in [4.78, 5) is 4.61. The smallest absolute Gasteiger partial charge is 0.135 e. The number of nitrogens with one attached hydrogen (secondary N) is 1. The third-order valence-electron chi connectivity index (χ3n) is 3.05. The summed E-state index contributed by atoms with van der Waals surface area (Å²) in [7, 11) is 1.65. The van der Waals surface area contributed by atoms with Gasteiger partial charge in [0.05, 0.1) is 12.8 Å². The Morgan fingerprint density at radius 3 is 2.84 bits per heavy atom. The first-order valence-corrected chi connectivity index (χ1v) is 6.44. The molecule has 3 rings (SSSR count). The minimum atomic E-state index is -0.269. The van der Waals surface area contributed by atoms with Gasteiger partial charge in [0.25, 0.3) is 0 Å². The minimum Gasteiger partial charge on any atom is -0.497 e. The normalized spacial score (nSPS) is 17.2. The van der Waals surface area contributed by atoms with Crippen LogP contribution in [0.15, 0.2) is 53.5 Å². The third kappa shape index (κ3) is 2.29. The van der Waals surface area contributed by atoms with Crippen LogP contribution in [-0.4, -0.2) is 12.9 Å². The van der Waals surface area contributed by atoms with Crippen molar-refractivity contribution >= 4 is 23.1 Å². The molecule has 0 saturated heterocycles. The molecular weight excluding hydrogens is 260 g/mol. The lowest BCUT2D eigenvalue weighted by atomic mass is 10.1. The molecule has 0 saturated carbocycles. The third-order valence-corrected chi connectivity index (χ3v) is 3.39. The largest absolute Gasteiger partial charge is 0.497 e. The van der Waals surface area contributed by atoms with Crippen molar-refractivity contribution in [2.75, 3.05) is 7.11 Å². The lowest BCUT2D eigenvalue weighted by Gasteiger charge is -2.22. The van der Waals surface area contributed by atoms with Crippen molar-refractivity contribution in [2.45, 2.75) is 5.50 Å². The van der Waals surface area contributed by atoms with E-state index in [4.69, 9.17) is 16.3 Å². The summed E-state index contributed by atoms with van der Waals surface area (Å²) >= 11 is 6.34. The van der Waals surface area contributed by atoms with Crippen molar-refractivity contribution < 1.29 is 4.74 Å². The number of rotatable bonds is 2. The topological polar surface area (TPSA) is 33.6 Å². The summed E-state index contributed by atoms with van der Waals surface area (Å²) in [6, 6.07) is 15.6. The number of alkyl halides is 1. The van der Waals surface area contributed by atoms with Crippen molar-refractivity contribution in [2.24, 2.45) is 4.99 Å². The molecule has 1 N–H and O–H groups in total. The maximum absolute atomic E-state index is 6.34. The Kier molecular flexibility index (Phi) is 3.13. The van der Waals surface area contributed by atoms with Crippen molar-refractivity contribution in [3.8, 4) is 5.75 Å². The zero-order valence-corrected chi connectivity index (χ0v) is 11.2. The monoisotopic (exact) mass is 272 g/mol. The molecule has 0 bridgehead atoms. The Hall–Kier alpha value is -2.00. The van der Waals surface area contributed by atoms with E-state index in [1.54, 1.807) is 7.11 Å².